The van der Waals surface area contributed by atoms with E-state index in [0.29, 0.717) is 31.9 Å². The summed E-state index contributed by atoms with van der Waals surface area (Å²) in [5.74, 6) is -0.316. The molecule has 2 amide bonds. The fourth-order valence-electron chi connectivity index (χ4n) is 3.51. The zero-order chi connectivity index (χ0) is 23.0. The number of esters is 1. The number of rotatable bonds is 7. The number of furan rings is 1. The minimum atomic E-state index is -0.623. The molecule has 1 aliphatic heterocycles. The van der Waals surface area contributed by atoms with Gasteiger partial charge in [0.1, 0.15) is 5.75 Å². The third-order valence-electron chi connectivity index (χ3n) is 5.33. The molecule has 1 aliphatic rings. The van der Waals surface area contributed by atoms with Gasteiger partial charge in [0.25, 0.3) is 11.8 Å². The van der Waals surface area contributed by atoms with Gasteiger partial charge in [0.15, 0.2) is 19.0 Å². The summed E-state index contributed by atoms with van der Waals surface area (Å²) in [6.07, 6.45) is 1.45. The molecule has 8 nitrogen and oxygen atoms in total. The first-order valence-electron chi connectivity index (χ1n) is 10.6. The average molecular weight is 448 g/mol. The Morgan fingerprint density at radius 1 is 0.758 bits per heavy atom. The van der Waals surface area contributed by atoms with Crippen LogP contribution in [0.4, 0.5) is 0 Å². The van der Waals surface area contributed by atoms with E-state index in [1.165, 1.54) is 6.26 Å². The molecule has 2 aromatic carbocycles. The molecule has 0 spiro atoms. The Morgan fingerprint density at radius 3 is 2.09 bits per heavy atom. The smallest absolute Gasteiger partial charge is 0.344 e. The highest BCUT2D eigenvalue weighted by Crippen LogP contribution is 2.22. The molecule has 0 unspecified atom stereocenters. The fourth-order valence-corrected chi connectivity index (χ4v) is 3.51. The maximum Gasteiger partial charge on any atom is 0.344 e. The number of piperazine rings is 1. The Bertz CT molecular complexity index is 1070. The monoisotopic (exact) mass is 448 g/mol. The molecule has 0 saturated carbocycles. The van der Waals surface area contributed by atoms with Crippen molar-refractivity contribution in [3.8, 4) is 16.9 Å². The van der Waals surface area contributed by atoms with Gasteiger partial charge in [0.2, 0.25) is 0 Å². The lowest BCUT2D eigenvalue weighted by atomic mass is 10.1. The van der Waals surface area contributed by atoms with Crippen molar-refractivity contribution in [3.63, 3.8) is 0 Å². The van der Waals surface area contributed by atoms with Gasteiger partial charge in [-0.05, 0) is 35.4 Å². The standard InChI is InChI=1S/C25H24N2O6/c28-23(26-12-14-27(15-13-26)25(30)22-7-4-16-31-22)17-33-24(29)18-32-21-10-8-20(9-11-21)19-5-2-1-3-6-19/h1-11,16H,12-15,17-18H2. The summed E-state index contributed by atoms with van der Waals surface area (Å²) in [6, 6.07) is 20.6. The molecule has 4 rings (SSSR count). The van der Waals surface area contributed by atoms with E-state index in [1.54, 1.807) is 34.1 Å². The number of amides is 2. The van der Waals surface area contributed by atoms with Gasteiger partial charge in [-0.1, -0.05) is 42.5 Å². The average Bonchev–Trinajstić information content (AvgIpc) is 3.42. The van der Waals surface area contributed by atoms with E-state index in [0.717, 1.165) is 11.1 Å². The van der Waals surface area contributed by atoms with Gasteiger partial charge in [-0.15, -0.1) is 0 Å². The van der Waals surface area contributed by atoms with Gasteiger partial charge in [0, 0.05) is 26.2 Å². The van der Waals surface area contributed by atoms with Crippen LogP contribution in [0.15, 0.2) is 77.4 Å². The Kier molecular flexibility index (Phi) is 7.04. The summed E-state index contributed by atoms with van der Waals surface area (Å²) in [7, 11) is 0. The van der Waals surface area contributed by atoms with Crippen LogP contribution in [0.5, 0.6) is 5.75 Å². The SMILES string of the molecule is O=C(COc1ccc(-c2ccccc2)cc1)OCC(=O)N1CCN(C(=O)c2ccco2)CC1. The summed E-state index contributed by atoms with van der Waals surface area (Å²) >= 11 is 0. The molecule has 0 bridgehead atoms. The maximum absolute atomic E-state index is 12.3. The van der Waals surface area contributed by atoms with Gasteiger partial charge in [-0.25, -0.2) is 4.79 Å². The summed E-state index contributed by atoms with van der Waals surface area (Å²) in [6.45, 7) is 0.869. The van der Waals surface area contributed by atoms with E-state index in [2.05, 4.69) is 0 Å². The minimum Gasteiger partial charge on any atom is -0.482 e. The van der Waals surface area contributed by atoms with Crippen LogP contribution in [0, 0.1) is 0 Å². The second-order valence-corrected chi connectivity index (χ2v) is 7.49. The van der Waals surface area contributed by atoms with E-state index >= 15 is 0 Å². The fraction of sp³-hybridized carbons (Fsp3) is 0.240. The van der Waals surface area contributed by atoms with Crippen molar-refractivity contribution >= 4 is 17.8 Å². The second kappa shape index (κ2) is 10.5. The van der Waals surface area contributed by atoms with Crippen LogP contribution in [-0.4, -0.2) is 67.0 Å². The van der Waals surface area contributed by atoms with E-state index < -0.39 is 5.97 Å². The van der Waals surface area contributed by atoms with Crippen LogP contribution < -0.4 is 4.74 Å². The lowest BCUT2D eigenvalue weighted by Gasteiger charge is -2.34. The second-order valence-electron chi connectivity index (χ2n) is 7.49. The molecule has 0 atom stereocenters. The molecule has 170 valence electrons. The predicted octanol–water partition coefficient (Wildman–Crippen LogP) is 2.85. The molecule has 0 radical (unpaired) electrons. The van der Waals surface area contributed by atoms with Crippen LogP contribution in [0.3, 0.4) is 0 Å². The maximum atomic E-state index is 12.3. The number of benzene rings is 2. The van der Waals surface area contributed by atoms with Gasteiger partial charge >= 0.3 is 5.97 Å². The molecule has 8 heteroatoms. The topological polar surface area (TPSA) is 89.3 Å². The lowest BCUT2D eigenvalue weighted by Crippen LogP contribution is -2.51. The van der Waals surface area contributed by atoms with Crippen LogP contribution in [-0.2, 0) is 14.3 Å². The number of hydrogen-bond acceptors (Lipinski definition) is 6. The van der Waals surface area contributed by atoms with Crippen molar-refractivity contribution in [1.82, 2.24) is 9.80 Å². The Hall–Kier alpha value is -4.07. The highest BCUT2D eigenvalue weighted by atomic mass is 16.6. The summed E-state index contributed by atoms with van der Waals surface area (Å²) in [4.78, 5) is 39.8. The van der Waals surface area contributed by atoms with Crippen LogP contribution in [0.25, 0.3) is 11.1 Å². The van der Waals surface area contributed by atoms with Crippen molar-refractivity contribution < 1.29 is 28.3 Å². The number of nitrogens with zero attached hydrogens (tertiary/aromatic N) is 2. The third kappa shape index (κ3) is 5.79. The summed E-state index contributed by atoms with van der Waals surface area (Å²) < 4.78 is 15.6. The number of carbonyl (C=O) groups excluding carboxylic acids is 3. The molecule has 3 aromatic rings. The Labute approximate surface area is 191 Å². The number of hydrogen-bond donors (Lipinski definition) is 0. The molecule has 1 fully saturated rings. The highest BCUT2D eigenvalue weighted by Gasteiger charge is 2.26. The normalized spacial score (nSPS) is 13.5. The minimum absolute atomic E-state index is 0.201. The van der Waals surface area contributed by atoms with Gasteiger partial charge in [-0.3, -0.25) is 9.59 Å². The number of carbonyl (C=O) groups is 3. The first-order chi connectivity index (χ1) is 16.1. The third-order valence-corrected chi connectivity index (χ3v) is 5.33. The van der Waals surface area contributed by atoms with Crippen molar-refractivity contribution in [2.45, 2.75) is 0 Å². The predicted molar refractivity (Wildman–Crippen MR) is 120 cm³/mol. The molecule has 0 N–H and O–H groups in total. The van der Waals surface area contributed by atoms with Crippen LogP contribution >= 0.6 is 0 Å². The molecule has 2 heterocycles. The Balaban J connectivity index is 1.16. The van der Waals surface area contributed by atoms with E-state index in [4.69, 9.17) is 13.9 Å². The van der Waals surface area contributed by atoms with Gasteiger partial charge < -0.3 is 23.7 Å². The highest BCUT2D eigenvalue weighted by molar-refractivity contribution is 5.91. The zero-order valence-corrected chi connectivity index (χ0v) is 18.0. The summed E-state index contributed by atoms with van der Waals surface area (Å²) in [5.41, 5.74) is 2.13. The first kappa shape index (κ1) is 22.1. The van der Waals surface area contributed by atoms with Crippen LogP contribution in [0.2, 0.25) is 0 Å². The molecular formula is C25H24N2O6. The molecule has 1 aromatic heterocycles. The Morgan fingerprint density at radius 2 is 1.42 bits per heavy atom. The first-order valence-corrected chi connectivity index (χ1v) is 10.6. The van der Waals surface area contributed by atoms with E-state index in [9.17, 15) is 14.4 Å². The molecule has 1 saturated heterocycles. The van der Waals surface area contributed by atoms with Crippen LogP contribution in [0.1, 0.15) is 10.6 Å². The van der Waals surface area contributed by atoms with Crippen molar-refractivity contribution in [3.05, 3.63) is 78.8 Å². The largest absolute Gasteiger partial charge is 0.482 e. The molecular weight excluding hydrogens is 424 g/mol. The van der Waals surface area contributed by atoms with Crippen molar-refractivity contribution in [2.24, 2.45) is 0 Å². The van der Waals surface area contributed by atoms with E-state index in [-0.39, 0.29) is 30.8 Å². The number of ether oxygens (including phenoxy) is 2. The van der Waals surface area contributed by atoms with Gasteiger partial charge in [-0.2, -0.15) is 0 Å². The van der Waals surface area contributed by atoms with Crippen molar-refractivity contribution in [2.75, 3.05) is 39.4 Å². The van der Waals surface area contributed by atoms with Gasteiger partial charge in [0.05, 0.1) is 6.26 Å². The van der Waals surface area contributed by atoms with E-state index in [1.807, 2.05) is 42.5 Å². The zero-order valence-electron chi connectivity index (χ0n) is 18.0. The lowest BCUT2D eigenvalue weighted by molar-refractivity contribution is -0.154. The molecule has 33 heavy (non-hydrogen) atoms. The molecule has 0 aliphatic carbocycles. The summed E-state index contributed by atoms with van der Waals surface area (Å²) in [5, 5.41) is 0. The van der Waals surface area contributed by atoms with Crippen molar-refractivity contribution in [1.29, 1.82) is 0 Å². The quantitative estimate of drug-likeness (QED) is 0.517.